The molecule has 0 N–H and O–H groups in total. The van der Waals surface area contributed by atoms with E-state index in [1.54, 1.807) is 0 Å². The topological polar surface area (TPSA) is 16.4 Å². The summed E-state index contributed by atoms with van der Waals surface area (Å²) in [5.74, 6) is 0.861. The van der Waals surface area contributed by atoms with Crippen LogP contribution < -0.4 is 4.90 Å². The van der Waals surface area contributed by atoms with E-state index in [-0.39, 0.29) is 0 Å². The van der Waals surface area contributed by atoms with Crippen LogP contribution in [0.15, 0.2) is 229 Å². The molecule has 1 aromatic heterocycles. The van der Waals surface area contributed by atoms with Crippen molar-refractivity contribution in [2.45, 2.75) is 0 Å². The average molecular weight is 716 g/mol. The quantitative estimate of drug-likeness (QED) is 0.156. The van der Waals surface area contributed by atoms with Crippen LogP contribution in [0.25, 0.3) is 77.6 Å². The van der Waals surface area contributed by atoms with Gasteiger partial charge in [-0.15, -0.1) is 0 Å². The number of anilines is 3. The maximum Gasteiger partial charge on any atom is 0.136 e. The molecular formula is C54H37NO. The summed E-state index contributed by atoms with van der Waals surface area (Å²) in [5, 5.41) is 3.59. The van der Waals surface area contributed by atoms with Gasteiger partial charge in [-0.1, -0.05) is 170 Å². The fourth-order valence-corrected chi connectivity index (χ4v) is 7.84. The Bertz CT molecular complexity index is 2910. The molecule has 9 aromatic carbocycles. The van der Waals surface area contributed by atoms with Gasteiger partial charge in [0.25, 0.3) is 0 Å². The monoisotopic (exact) mass is 715 g/mol. The maximum absolute atomic E-state index is 6.45. The number of rotatable bonds is 8. The Balaban J connectivity index is 1.06. The van der Waals surface area contributed by atoms with Gasteiger partial charge in [-0.2, -0.15) is 0 Å². The van der Waals surface area contributed by atoms with E-state index in [2.05, 4.69) is 217 Å². The molecule has 2 heteroatoms. The summed E-state index contributed by atoms with van der Waals surface area (Å²) in [4.78, 5) is 2.37. The van der Waals surface area contributed by atoms with Crippen LogP contribution in [0, 0.1) is 0 Å². The van der Waals surface area contributed by atoms with Crippen LogP contribution in [0.2, 0.25) is 0 Å². The Morgan fingerprint density at radius 1 is 0.286 bits per heavy atom. The molecule has 0 atom stereocenters. The molecule has 0 radical (unpaired) electrons. The third kappa shape index (κ3) is 6.34. The van der Waals surface area contributed by atoms with Crippen LogP contribution in [0.5, 0.6) is 0 Å². The molecule has 10 rings (SSSR count). The van der Waals surface area contributed by atoms with Crippen molar-refractivity contribution in [1.82, 2.24) is 0 Å². The molecule has 0 amide bonds. The molecule has 0 aliphatic heterocycles. The van der Waals surface area contributed by atoms with Gasteiger partial charge in [0.1, 0.15) is 11.3 Å². The van der Waals surface area contributed by atoms with Gasteiger partial charge in [0, 0.05) is 27.9 Å². The minimum absolute atomic E-state index is 0.861. The molecule has 0 saturated carbocycles. The standard InChI is InChI=1S/C54H37NO/c1-3-14-41(15-4-1)49-34-29-45(36-51(49)54-37-46-19-9-12-22-53(46)56-54)40-27-32-48(33-28-40)55(52-21-11-10-20-50(52)42-16-5-2-6-17-42)47-30-25-39(26-31-47)44-24-23-38-13-7-8-18-43(38)35-44/h1-37H. The van der Waals surface area contributed by atoms with Crippen LogP contribution in [-0.4, -0.2) is 0 Å². The number of hydrogen-bond donors (Lipinski definition) is 0. The maximum atomic E-state index is 6.45. The summed E-state index contributed by atoms with van der Waals surface area (Å²) in [5.41, 5.74) is 14.5. The van der Waals surface area contributed by atoms with Gasteiger partial charge in [0.15, 0.2) is 0 Å². The largest absolute Gasteiger partial charge is 0.456 e. The van der Waals surface area contributed by atoms with E-state index in [0.29, 0.717) is 0 Å². The molecule has 264 valence electrons. The molecule has 0 aliphatic carbocycles. The molecule has 0 bridgehead atoms. The normalized spacial score (nSPS) is 11.2. The van der Waals surface area contributed by atoms with E-state index < -0.39 is 0 Å². The first-order chi connectivity index (χ1) is 27.7. The predicted molar refractivity (Wildman–Crippen MR) is 236 cm³/mol. The zero-order valence-corrected chi connectivity index (χ0v) is 30.7. The second kappa shape index (κ2) is 14.4. The zero-order chi connectivity index (χ0) is 37.3. The minimum Gasteiger partial charge on any atom is -0.456 e. The molecule has 0 spiro atoms. The van der Waals surface area contributed by atoms with E-state index >= 15 is 0 Å². The van der Waals surface area contributed by atoms with Crippen molar-refractivity contribution in [2.75, 3.05) is 4.90 Å². The third-order valence-corrected chi connectivity index (χ3v) is 10.7. The molecule has 0 unspecified atom stereocenters. The van der Waals surface area contributed by atoms with Crippen LogP contribution in [0.4, 0.5) is 17.1 Å². The number of hydrogen-bond acceptors (Lipinski definition) is 2. The molecule has 2 nitrogen and oxygen atoms in total. The second-order valence-corrected chi connectivity index (χ2v) is 14.1. The highest BCUT2D eigenvalue weighted by Gasteiger charge is 2.19. The highest BCUT2D eigenvalue weighted by atomic mass is 16.3. The number of para-hydroxylation sites is 2. The molecule has 0 fully saturated rings. The summed E-state index contributed by atoms with van der Waals surface area (Å²) in [6.45, 7) is 0. The first-order valence-electron chi connectivity index (χ1n) is 19.1. The second-order valence-electron chi connectivity index (χ2n) is 14.1. The third-order valence-electron chi connectivity index (χ3n) is 10.7. The summed E-state index contributed by atoms with van der Waals surface area (Å²) in [7, 11) is 0. The van der Waals surface area contributed by atoms with Crippen molar-refractivity contribution in [3.63, 3.8) is 0 Å². The molecule has 0 aliphatic rings. The van der Waals surface area contributed by atoms with Gasteiger partial charge in [-0.05, 0) is 104 Å². The predicted octanol–water partition coefficient (Wildman–Crippen LogP) is 15.4. The Morgan fingerprint density at radius 2 is 0.804 bits per heavy atom. The molecular weight excluding hydrogens is 679 g/mol. The van der Waals surface area contributed by atoms with Gasteiger partial charge < -0.3 is 9.32 Å². The fourth-order valence-electron chi connectivity index (χ4n) is 7.84. The summed E-state index contributed by atoms with van der Waals surface area (Å²) < 4.78 is 6.45. The Morgan fingerprint density at radius 3 is 1.48 bits per heavy atom. The smallest absolute Gasteiger partial charge is 0.136 e. The highest BCUT2D eigenvalue weighted by molar-refractivity contribution is 5.92. The lowest BCUT2D eigenvalue weighted by Gasteiger charge is -2.28. The number of fused-ring (bicyclic) bond motifs is 2. The highest BCUT2D eigenvalue weighted by Crippen LogP contribution is 2.43. The van der Waals surface area contributed by atoms with Crippen molar-refractivity contribution in [2.24, 2.45) is 0 Å². The molecule has 10 aromatic rings. The SMILES string of the molecule is c1ccc(-c2ccc(-c3ccc(N(c4ccc(-c5ccc6ccccc6c5)cc4)c4ccccc4-c4ccccc4)cc3)cc2-c2cc3ccccc3o2)cc1. The van der Waals surface area contributed by atoms with Crippen LogP contribution in [0.3, 0.4) is 0 Å². The zero-order valence-electron chi connectivity index (χ0n) is 30.7. The van der Waals surface area contributed by atoms with Crippen LogP contribution in [-0.2, 0) is 0 Å². The summed E-state index contributed by atoms with van der Waals surface area (Å²) in [6, 6.07) is 80.0. The summed E-state index contributed by atoms with van der Waals surface area (Å²) >= 11 is 0. The minimum atomic E-state index is 0.861. The average Bonchev–Trinajstić information content (AvgIpc) is 3.72. The van der Waals surface area contributed by atoms with E-state index in [1.165, 1.54) is 33.0 Å². The van der Waals surface area contributed by atoms with Crippen LogP contribution >= 0.6 is 0 Å². The lowest BCUT2D eigenvalue weighted by atomic mass is 9.93. The van der Waals surface area contributed by atoms with Crippen molar-refractivity contribution in [1.29, 1.82) is 0 Å². The van der Waals surface area contributed by atoms with Gasteiger partial charge in [0.2, 0.25) is 0 Å². The lowest BCUT2D eigenvalue weighted by molar-refractivity contribution is 0.632. The molecule has 0 saturated heterocycles. The first kappa shape index (κ1) is 33.2. The van der Waals surface area contributed by atoms with Crippen molar-refractivity contribution < 1.29 is 4.42 Å². The Labute approximate surface area is 327 Å². The Hall–Kier alpha value is -7.42. The van der Waals surface area contributed by atoms with Crippen molar-refractivity contribution in [3.05, 3.63) is 224 Å². The summed E-state index contributed by atoms with van der Waals surface area (Å²) in [6.07, 6.45) is 0. The van der Waals surface area contributed by atoms with Crippen molar-refractivity contribution in [3.8, 4) is 55.8 Å². The molecule has 1 heterocycles. The number of nitrogens with zero attached hydrogens (tertiary/aromatic N) is 1. The van der Waals surface area contributed by atoms with E-state index in [9.17, 15) is 0 Å². The molecule has 56 heavy (non-hydrogen) atoms. The van der Waals surface area contributed by atoms with Gasteiger partial charge in [-0.3, -0.25) is 0 Å². The van der Waals surface area contributed by atoms with E-state index in [1.807, 2.05) is 12.1 Å². The van der Waals surface area contributed by atoms with Gasteiger partial charge >= 0.3 is 0 Å². The lowest BCUT2D eigenvalue weighted by Crippen LogP contribution is -2.11. The van der Waals surface area contributed by atoms with E-state index in [4.69, 9.17) is 4.42 Å². The number of benzene rings is 9. The van der Waals surface area contributed by atoms with Crippen LogP contribution in [0.1, 0.15) is 0 Å². The van der Waals surface area contributed by atoms with E-state index in [0.717, 1.165) is 61.6 Å². The van der Waals surface area contributed by atoms with Gasteiger partial charge in [0.05, 0.1) is 5.69 Å². The fraction of sp³-hybridized carbons (Fsp3) is 0. The van der Waals surface area contributed by atoms with Gasteiger partial charge in [-0.25, -0.2) is 0 Å². The Kier molecular flexibility index (Phi) is 8.55. The first-order valence-corrected chi connectivity index (χ1v) is 19.1. The van der Waals surface area contributed by atoms with Crippen molar-refractivity contribution >= 4 is 38.8 Å². The number of furan rings is 1.